The molecule has 2 heterocycles. The van der Waals surface area contributed by atoms with E-state index in [4.69, 9.17) is 11.6 Å². The monoisotopic (exact) mass is 384 g/mol. The van der Waals surface area contributed by atoms with Gasteiger partial charge in [-0.3, -0.25) is 4.79 Å². The van der Waals surface area contributed by atoms with Crippen molar-refractivity contribution in [2.45, 2.75) is 37.9 Å². The molecule has 0 spiro atoms. The molecule has 25 heavy (non-hydrogen) atoms. The topological polar surface area (TPSA) is 57.7 Å². The number of likely N-dealkylation sites (tertiary alicyclic amines) is 1. The Morgan fingerprint density at radius 1 is 1.08 bits per heavy atom. The quantitative estimate of drug-likeness (QED) is 0.802. The first kappa shape index (κ1) is 18.7. The number of piperidine rings is 2. The molecule has 2 aliphatic heterocycles. The van der Waals surface area contributed by atoms with E-state index in [-0.39, 0.29) is 17.6 Å². The first-order valence-electron chi connectivity index (χ1n) is 8.97. The molecule has 0 bridgehead atoms. The molecule has 0 aliphatic carbocycles. The molecule has 3 rings (SSSR count). The van der Waals surface area contributed by atoms with Crippen LogP contribution >= 0.6 is 11.6 Å². The predicted octanol–water partition coefficient (Wildman–Crippen LogP) is 2.89. The van der Waals surface area contributed by atoms with Gasteiger partial charge in [-0.15, -0.1) is 0 Å². The van der Waals surface area contributed by atoms with Crippen molar-refractivity contribution in [2.24, 2.45) is 5.92 Å². The van der Waals surface area contributed by atoms with Crippen molar-refractivity contribution in [1.29, 1.82) is 0 Å². The molecule has 0 aromatic heterocycles. The predicted molar refractivity (Wildman–Crippen MR) is 98.8 cm³/mol. The van der Waals surface area contributed by atoms with Gasteiger partial charge in [0.15, 0.2) is 0 Å². The first-order valence-corrected chi connectivity index (χ1v) is 11.0. The van der Waals surface area contributed by atoms with Crippen LogP contribution in [-0.4, -0.2) is 49.7 Å². The molecule has 0 atom stereocenters. The second kappa shape index (κ2) is 8.06. The number of hydrogen-bond acceptors (Lipinski definition) is 3. The van der Waals surface area contributed by atoms with E-state index in [2.05, 4.69) is 0 Å². The lowest BCUT2D eigenvalue weighted by molar-refractivity contribution is -0.137. The first-order chi connectivity index (χ1) is 12.0. The van der Waals surface area contributed by atoms with Gasteiger partial charge in [0.2, 0.25) is 15.9 Å². The van der Waals surface area contributed by atoms with Crippen molar-refractivity contribution >= 4 is 27.5 Å². The van der Waals surface area contributed by atoms with Gasteiger partial charge < -0.3 is 4.90 Å². The van der Waals surface area contributed by atoms with Gasteiger partial charge >= 0.3 is 0 Å². The number of amides is 1. The van der Waals surface area contributed by atoms with Crippen molar-refractivity contribution in [1.82, 2.24) is 9.21 Å². The summed E-state index contributed by atoms with van der Waals surface area (Å²) in [5, 5.41) is 0.540. The zero-order valence-electron chi connectivity index (χ0n) is 14.4. The standard InChI is InChI=1S/C18H25ClN2O3S/c19-17-6-4-5-15(13-17)14-25(23,24)21-11-7-16(8-12-21)18(22)20-9-2-1-3-10-20/h4-6,13,16H,1-3,7-12,14H2. The van der Waals surface area contributed by atoms with Gasteiger partial charge in [-0.1, -0.05) is 23.7 Å². The van der Waals surface area contributed by atoms with E-state index in [1.165, 1.54) is 10.7 Å². The fraction of sp³-hybridized carbons (Fsp3) is 0.611. The van der Waals surface area contributed by atoms with E-state index in [0.717, 1.165) is 25.9 Å². The van der Waals surface area contributed by atoms with Gasteiger partial charge in [0.1, 0.15) is 0 Å². The molecule has 7 heteroatoms. The summed E-state index contributed by atoms with van der Waals surface area (Å²) in [4.78, 5) is 14.5. The number of carbonyl (C=O) groups excluding carboxylic acids is 1. The second-order valence-corrected chi connectivity index (χ2v) is 9.35. The molecule has 138 valence electrons. The fourth-order valence-corrected chi connectivity index (χ4v) is 5.45. The van der Waals surface area contributed by atoms with Crippen molar-refractivity contribution in [3.63, 3.8) is 0 Å². The van der Waals surface area contributed by atoms with Gasteiger partial charge in [0, 0.05) is 37.1 Å². The number of carbonyl (C=O) groups is 1. The average molecular weight is 385 g/mol. The highest BCUT2D eigenvalue weighted by molar-refractivity contribution is 7.88. The Morgan fingerprint density at radius 2 is 1.76 bits per heavy atom. The summed E-state index contributed by atoms with van der Waals surface area (Å²) in [5.74, 6) is 0.139. The third-order valence-electron chi connectivity index (χ3n) is 5.10. The van der Waals surface area contributed by atoms with Crippen molar-refractivity contribution in [3.05, 3.63) is 34.9 Å². The molecule has 2 fully saturated rings. The van der Waals surface area contributed by atoms with Crippen LogP contribution in [0, 0.1) is 5.92 Å². The molecule has 0 N–H and O–H groups in total. The Balaban J connectivity index is 1.56. The van der Waals surface area contributed by atoms with Gasteiger partial charge in [-0.25, -0.2) is 12.7 Å². The molecule has 1 amide bonds. The molecule has 1 aromatic carbocycles. The fourth-order valence-electron chi connectivity index (χ4n) is 3.68. The summed E-state index contributed by atoms with van der Waals surface area (Å²) in [7, 11) is -3.38. The van der Waals surface area contributed by atoms with Crippen LogP contribution in [0.1, 0.15) is 37.7 Å². The largest absolute Gasteiger partial charge is 0.342 e. The number of hydrogen-bond donors (Lipinski definition) is 0. The highest BCUT2D eigenvalue weighted by Crippen LogP contribution is 2.25. The van der Waals surface area contributed by atoms with E-state index >= 15 is 0 Å². The maximum Gasteiger partial charge on any atom is 0.225 e. The van der Waals surface area contributed by atoms with Crippen LogP contribution in [0.15, 0.2) is 24.3 Å². The highest BCUT2D eigenvalue weighted by atomic mass is 35.5. The third-order valence-corrected chi connectivity index (χ3v) is 7.19. The van der Waals surface area contributed by atoms with Crippen LogP contribution in [0.2, 0.25) is 5.02 Å². The molecular weight excluding hydrogens is 360 g/mol. The summed E-state index contributed by atoms with van der Waals surface area (Å²) in [6, 6.07) is 6.95. The van der Waals surface area contributed by atoms with Gasteiger partial charge in [-0.2, -0.15) is 0 Å². The van der Waals surface area contributed by atoms with Gasteiger partial charge in [0.05, 0.1) is 5.75 Å². The Hall–Kier alpha value is -1.11. The van der Waals surface area contributed by atoms with Gasteiger partial charge in [0.25, 0.3) is 0 Å². The van der Waals surface area contributed by atoms with Crippen molar-refractivity contribution < 1.29 is 13.2 Å². The van der Waals surface area contributed by atoms with E-state index in [1.54, 1.807) is 24.3 Å². The Bertz CT molecular complexity index is 709. The van der Waals surface area contributed by atoms with E-state index in [0.29, 0.717) is 36.5 Å². The lowest BCUT2D eigenvalue weighted by atomic mass is 9.95. The van der Waals surface area contributed by atoms with Gasteiger partial charge in [-0.05, 0) is 49.8 Å². The minimum atomic E-state index is -3.38. The summed E-state index contributed by atoms with van der Waals surface area (Å²) < 4.78 is 26.8. The molecule has 5 nitrogen and oxygen atoms in total. The highest BCUT2D eigenvalue weighted by Gasteiger charge is 2.33. The van der Waals surface area contributed by atoms with Crippen LogP contribution < -0.4 is 0 Å². The SMILES string of the molecule is O=C(C1CCN(S(=O)(=O)Cc2cccc(Cl)c2)CC1)N1CCCCC1. The van der Waals surface area contributed by atoms with Crippen LogP contribution in [0.25, 0.3) is 0 Å². The molecule has 0 radical (unpaired) electrons. The Morgan fingerprint density at radius 3 is 2.40 bits per heavy atom. The molecular formula is C18H25ClN2O3S. The van der Waals surface area contributed by atoms with Crippen LogP contribution in [0.3, 0.4) is 0 Å². The Labute approximate surface area is 155 Å². The van der Waals surface area contributed by atoms with E-state index in [9.17, 15) is 13.2 Å². The third kappa shape index (κ3) is 4.74. The van der Waals surface area contributed by atoms with Crippen molar-refractivity contribution in [2.75, 3.05) is 26.2 Å². The normalized spacial score (nSPS) is 20.6. The van der Waals surface area contributed by atoms with Crippen LogP contribution in [0.4, 0.5) is 0 Å². The average Bonchev–Trinajstić information content (AvgIpc) is 2.61. The molecule has 0 unspecified atom stereocenters. The molecule has 0 saturated carbocycles. The summed E-state index contributed by atoms with van der Waals surface area (Å²) >= 11 is 5.94. The summed E-state index contributed by atoms with van der Waals surface area (Å²) in [6.07, 6.45) is 4.59. The summed E-state index contributed by atoms with van der Waals surface area (Å²) in [5.41, 5.74) is 0.694. The van der Waals surface area contributed by atoms with E-state index in [1.807, 2.05) is 4.90 Å². The number of halogens is 1. The number of benzene rings is 1. The zero-order valence-corrected chi connectivity index (χ0v) is 15.9. The van der Waals surface area contributed by atoms with Crippen LogP contribution in [0.5, 0.6) is 0 Å². The maximum absolute atomic E-state index is 12.6. The Kier molecular flexibility index (Phi) is 6.02. The minimum Gasteiger partial charge on any atom is -0.342 e. The number of nitrogens with zero attached hydrogens (tertiary/aromatic N) is 2. The molecule has 2 saturated heterocycles. The minimum absolute atomic E-state index is 0.0317. The maximum atomic E-state index is 12.6. The zero-order chi connectivity index (χ0) is 17.9. The summed E-state index contributed by atoms with van der Waals surface area (Å²) in [6.45, 7) is 2.55. The second-order valence-electron chi connectivity index (χ2n) is 6.95. The lowest BCUT2D eigenvalue weighted by Gasteiger charge is -2.35. The lowest BCUT2D eigenvalue weighted by Crippen LogP contribution is -2.45. The molecule has 1 aromatic rings. The van der Waals surface area contributed by atoms with E-state index < -0.39 is 10.0 Å². The molecule has 2 aliphatic rings. The number of rotatable bonds is 4. The number of sulfonamides is 1. The van der Waals surface area contributed by atoms with Crippen molar-refractivity contribution in [3.8, 4) is 0 Å². The van der Waals surface area contributed by atoms with Crippen LogP contribution in [-0.2, 0) is 20.6 Å². The smallest absolute Gasteiger partial charge is 0.225 e.